The van der Waals surface area contributed by atoms with Crippen molar-refractivity contribution < 1.29 is 14.5 Å². The minimum absolute atomic E-state index is 0.00484. The van der Waals surface area contributed by atoms with E-state index in [2.05, 4.69) is 4.98 Å². The highest BCUT2D eigenvalue weighted by Gasteiger charge is 2.31. The molecule has 0 unspecified atom stereocenters. The number of nitro groups is 1. The van der Waals surface area contributed by atoms with Gasteiger partial charge in [0.2, 0.25) is 12.1 Å². The number of hydrogen-bond acceptors (Lipinski definition) is 5. The molecule has 0 saturated heterocycles. The molecule has 1 aromatic heterocycles. The fourth-order valence-corrected chi connectivity index (χ4v) is 1.22. The van der Waals surface area contributed by atoms with Gasteiger partial charge in [0.1, 0.15) is 0 Å². The number of carbonyl (C=O) groups is 1. The van der Waals surface area contributed by atoms with Gasteiger partial charge in [-0.3, -0.25) is 14.9 Å². The molecule has 0 aromatic carbocycles. The molecular weight excluding hydrogens is 224 g/mol. The topological polar surface area (TPSA) is 82.3 Å². The number of esters is 1. The van der Waals surface area contributed by atoms with Crippen LogP contribution in [0.2, 0.25) is 0 Å². The maximum absolute atomic E-state index is 11.4. The summed E-state index contributed by atoms with van der Waals surface area (Å²) < 4.78 is 5.03. The summed E-state index contributed by atoms with van der Waals surface area (Å²) in [6, 6.07) is 4.76. The third kappa shape index (κ3) is 3.37. The molecule has 0 aliphatic heterocycles. The second-order valence-electron chi connectivity index (χ2n) is 3.70. The van der Waals surface area contributed by atoms with Crippen molar-refractivity contribution >= 4 is 12.0 Å². The Bertz CT molecular complexity index is 480. The Morgan fingerprint density at radius 1 is 1.53 bits per heavy atom. The lowest BCUT2D eigenvalue weighted by Gasteiger charge is -2.02. The largest absolute Gasteiger partial charge is 0.407 e. The van der Waals surface area contributed by atoms with E-state index in [1.165, 1.54) is 6.08 Å². The Balaban J connectivity index is 2.05. The first-order valence-electron chi connectivity index (χ1n) is 5.15. The molecule has 0 bridgehead atoms. The average molecular weight is 234 g/mol. The molecule has 0 amide bonds. The van der Waals surface area contributed by atoms with E-state index in [1.807, 2.05) is 0 Å². The van der Waals surface area contributed by atoms with Crippen molar-refractivity contribution in [2.24, 2.45) is 5.92 Å². The molecule has 0 N–H and O–H groups in total. The van der Waals surface area contributed by atoms with Crippen LogP contribution in [0.5, 0.6) is 5.88 Å². The number of pyridine rings is 1. The van der Waals surface area contributed by atoms with Crippen molar-refractivity contribution in [1.82, 2.24) is 4.98 Å². The highest BCUT2D eigenvalue weighted by molar-refractivity contribution is 5.77. The Labute approximate surface area is 97.1 Å². The van der Waals surface area contributed by atoms with E-state index in [0.717, 1.165) is 19.0 Å². The smallest absolute Gasteiger partial charge is 0.315 e. The maximum Gasteiger partial charge on any atom is 0.315 e. The lowest BCUT2D eigenvalue weighted by atomic mass is 10.3. The maximum atomic E-state index is 11.4. The molecule has 1 saturated carbocycles. The average Bonchev–Trinajstić information content (AvgIpc) is 3.10. The molecule has 6 heteroatoms. The van der Waals surface area contributed by atoms with Gasteiger partial charge in [-0.1, -0.05) is 6.07 Å². The molecule has 1 aromatic rings. The van der Waals surface area contributed by atoms with Crippen LogP contribution >= 0.6 is 0 Å². The van der Waals surface area contributed by atoms with E-state index in [0.29, 0.717) is 5.69 Å². The molecule has 1 aliphatic rings. The zero-order valence-corrected chi connectivity index (χ0v) is 8.91. The van der Waals surface area contributed by atoms with Gasteiger partial charge >= 0.3 is 5.97 Å². The van der Waals surface area contributed by atoms with Gasteiger partial charge in [0.05, 0.1) is 16.5 Å². The molecule has 17 heavy (non-hydrogen) atoms. The van der Waals surface area contributed by atoms with E-state index in [-0.39, 0.29) is 17.8 Å². The third-order valence-corrected chi connectivity index (χ3v) is 2.23. The zero-order chi connectivity index (χ0) is 12.3. The molecule has 0 spiro atoms. The van der Waals surface area contributed by atoms with Crippen molar-refractivity contribution in [1.29, 1.82) is 0 Å². The first-order valence-corrected chi connectivity index (χ1v) is 5.15. The van der Waals surface area contributed by atoms with Gasteiger partial charge in [-0.15, -0.1) is 0 Å². The predicted molar refractivity (Wildman–Crippen MR) is 58.6 cm³/mol. The summed E-state index contributed by atoms with van der Waals surface area (Å²) in [5.74, 6) is -0.116. The minimum Gasteiger partial charge on any atom is -0.407 e. The summed E-state index contributed by atoms with van der Waals surface area (Å²) in [6.45, 7) is 0. The molecule has 0 atom stereocenters. The summed E-state index contributed by atoms with van der Waals surface area (Å²) in [5, 5.41) is 10.1. The van der Waals surface area contributed by atoms with Crippen molar-refractivity contribution in [3.63, 3.8) is 0 Å². The first kappa shape index (κ1) is 11.3. The van der Waals surface area contributed by atoms with E-state index in [1.54, 1.807) is 18.2 Å². The molecule has 88 valence electrons. The van der Waals surface area contributed by atoms with Gasteiger partial charge in [0.15, 0.2) is 0 Å². The van der Waals surface area contributed by atoms with Gasteiger partial charge in [0, 0.05) is 12.1 Å². The van der Waals surface area contributed by atoms with E-state index in [9.17, 15) is 14.9 Å². The van der Waals surface area contributed by atoms with Crippen LogP contribution in [0.3, 0.4) is 0 Å². The van der Waals surface area contributed by atoms with E-state index >= 15 is 0 Å². The summed E-state index contributed by atoms with van der Waals surface area (Å²) in [4.78, 5) is 24.9. The van der Waals surface area contributed by atoms with Crippen LogP contribution in [0, 0.1) is 16.0 Å². The second-order valence-corrected chi connectivity index (χ2v) is 3.70. The van der Waals surface area contributed by atoms with Crippen molar-refractivity contribution in [2.75, 3.05) is 0 Å². The van der Waals surface area contributed by atoms with Crippen LogP contribution in [-0.2, 0) is 4.79 Å². The molecule has 2 rings (SSSR count). The Hall–Kier alpha value is -2.24. The molecule has 1 fully saturated rings. The van der Waals surface area contributed by atoms with Gasteiger partial charge in [0.25, 0.3) is 0 Å². The minimum atomic E-state index is -0.579. The summed E-state index contributed by atoms with van der Waals surface area (Å²) in [6.07, 6.45) is 3.75. The molecular formula is C11H10N2O4. The van der Waals surface area contributed by atoms with Crippen LogP contribution in [0.4, 0.5) is 0 Å². The Kier molecular flexibility index (Phi) is 3.13. The van der Waals surface area contributed by atoms with Gasteiger partial charge in [-0.25, -0.2) is 4.98 Å². The summed E-state index contributed by atoms with van der Waals surface area (Å²) in [7, 11) is 0. The quantitative estimate of drug-likeness (QED) is 0.449. The SMILES string of the molecule is O=C(Oc1cccc(C=C[N+](=O)[O-])n1)C1CC1. The standard InChI is InChI=1S/C11H10N2O4/c14-11(8-4-5-8)17-10-3-1-2-9(12-10)6-7-13(15)16/h1-3,6-8H,4-5H2. The number of nitrogens with zero attached hydrogens (tertiary/aromatic N) is 2. The van der Waals surface area contributed by atoms with Gasteiger partial charge < -0.3 is 4.74 Å². The fourth-order valence-electron chi connectivity index (χ4n) is 1.22. The lowest BCUT2D eigenvalue weighted by molar-refractivity contribution is -0.401. The summed E-state index contributed by atoms with van der Waals surface area (Å²) in [5.41, 5.74) is 0.378. The third-order valence-electron chi connectivity index (χ3n) is 2.23. The number of aromatic nitrogens is 1. The highest BCUT2D eigenvalue weighted by Crippen LogP contribution is 2.30. The van der Waals surface area contributed by atoms with Crippen molar-refractivity contribution in [2.45, 2.75) is 12.8 Å². The van der Waals surface area contributed by atoms with Crippen molar-refractivity contribution in [3.8, 4) is 5.88 Å². The van der Waals surface area contributed by atoms with E-state index < -0.39 is 4.92 Å². The molecule has 1 aliphatic carbocycles. The van der Waals surface area contributed by atoms with Crippen LogP contribution in [-0.4, -0.2) is 15.9 Å². The predicted octanol–water partition coefficient (Wildman–Crippen LogP) is 1.64. The summed E-state index contributed by atoms with van der Waals surface area (Å²) >= 11 is 0. The zero-order valence-electron chi connectivity index (χ0n) is 8.91. The van der Waals surface area contributed by atoms with Gasteiger partial charge in [-0.2, -0.15) is 0 Å². The second kappa shape index (κ2) is 4.73. The number of ether oxygens (including phenoxy) is 1. The molecule has 1 heterocycles. The number of carbonyl (C=O) groups excluding carboxylic acids is 1. The monoisotopic (exact) mass is 234 g/mol. The normalized spacial score (nSPS) is 14.8. The Morgan fingerprint density at radius 2 is 2.29 bits per heavy atom. The van der Waals surface area contributed by atoms with Crippen LogP contribution in [0.15, 0.2) is 24.4 Å². The molecule has 0 radical (unpaired) electrons. The first-order chi connectivity index (χ1) is 8.15. The van der Waals surface area contributed by atoms with E-state index in [4.69, 9.17) is 4.74 Å². The van der Waals surface area contributed by atoms with Crippen LogP contribution in [0.25, 0.3) is 6.08 Å². The fraction of sp³-hybridized carbons (Fsp3) is 0.273. The molecule has 6 nitrogen and oxygen atoms in total. The number of rotatable bonds is 4. The van der Waals surface area contributed by atoms with Gasteiger partial charge in [-0.05, 0) is 18.9 Å². The Morgan fingerprint density at radius 3 is 2.94 bits per heavy atom. The van der Waals surface area contributed by atoms with Crippen molar-refractivity contribution in [3.05, 3.63) is 40.2 Å². The highest BCUT2D eigenvalue weighted by atomic mass is 16.6. The lowest BCUT2D eigenvalue weighted by Crippen LogP contribution is -2.10. The van der Waals surface area contributed by atoms with Crippen LogP contribution in [0.1, 0.15) is 18.5 Å². The number of hydrogen-bond donors (Lipinski definition) is 0. The van der Waals surface area contributed by atoms with Crippen LogP contribution < -0.4 is 4.74 Å².